The van der Waals surface area contributed by atoms with Crippen LogP contribution in [0.25, 0.3) is 0 Å². The van der Waals surface area contributed by atoms with Crippen molar-refractivity contribution in [3.05, 3.63) is 11.8 Å². The lowest BCUT2D eigenvalue weighted by atomic mass is 9.82. The van der Waals surface area contributed by atoms with Gasteiger partial charge in [0.15, 0.2) is 9.84 Å². The van der Waals surface area contributed by atoms with E-state index >= 15 is 0 Å². The van der Waals surface area contributed by atoms with Crippen LogP contribution in [0.4, 0.5) is 5.88 Å². The van der Waals surface area contributed by atoms with Crippen molar-refractivity contribution < 1.29 is 27.6 Å². The van der Waals surface area contributed by atoms with Gasteiger partial charge in [0.1, 0.15) is 4.75 Å². The van der Waals surface area contributed by atoms with Crippen LogP contribution in [0.5, 0.6) is 0 Å². The van der Waals surface area contributed by atoms with Gasteiger partial charge in [-0.3, -0.25) is 10.1 Å². The Labute approximate surface area is 160 Å². The number of aromatic nitrogens is 1. The molecule has 1 amide bonds. The zero-order chi connectivity index (χ0) is 20.5. The molecule has 2 N–H and O–H groups in total. The molecule has 0 saturated carbocycles. The molecule has 1 atom stereocenters. The van der Waals surface area contributed by atoms with Crippen LogP contribution in [-0.2, 0) is 24.8 Å². The first kappa shape index (κ1) is 21.8. The molecule has 1 saturated heterocycles. The number of carbonyl (C=O) groups excluding carboxylic acids is 1. The summed E-state index contributed by atoms with van der Waals surface area (Å²) in [6, 6.07) is 1.52. The van der Waals surface area contributed by atoms with Crippen LogP contribution in [0.15, 0.2) is 10.6 Å². The standard InChI is InChI=1S/C18H30N2O6S/c1-6-14(21)17(2,3)13-11-15(26-20-13)19-16(22)18(4,5)27(23,24)12-7-9-25-10-8-12/h11-12,14,21H,6-10H2,1-5H3,(H,19,22). The molecule has 154 valence electrons. The first-order chi connectivity index (χ1) is 12.4. The Morgan fingerprint density at radius 3 is 2.48 bits per heavy atom. The molecule has 2 heterocycles. The van der Waals surface area contributed by atoms with Crippen LogP contribution in [0, 0.1) is 0 Å². The van der Waals surface area contributed by atoms with Crippen molar-refractivity contribution in [1.29, 1.82) is 0 Å². The summed E-state index contributed by atoms with van der Waals surface area (Å²) in [7, 11) is -3.71. The number of aliphatic hydroxyl groups is 1. The molecular weight excluding hydrogens is 372 g/mol. The second-order valence-electron chi connectivity index (χ2n) is 8.04. The number of carbonyl (C=O) groups is 1. The largest absolute Gasteiger partial charge is 0.392 e. The third kappa shape index (κ3) is 4.20. The van der Waals surface area contributed by atoms with Gasteiger partial charge in [-0.25, -0.2) is 8.42 Å². The number of rotatable bonds is 7. The first-order valence-corrected chi connectivity index (χ1v) is 10.8. The number of hydrogen-bond acceptors (Lipinski definition) is 7. The molecule has 1 aromatic rings. The van der Waals surface area contributed by atoms with Gasteiger partial charge in [0.2, 0.25) is 11.8 Å². The maximum atomic E-state index is 12.9. The molecule has 27 heavy (non-hydrogen) atoms. The molecule has 9 heteroatoms. The van der Waals surface area contributed by atoms with Crippen molar-refractivity contribution in [3.8, 4) is 0 Å². The zero-order valence-corrected chi connectivity index (χ0v) is 17.4. The van der Waals surface area contributed by atoms with E-state index in [2.05, 4.69) is 10.5 Å². The van der Waals surface area contributed by atoms with Gasteiger partial charge in [-0.15, -0.1) is 0 Å². The Balaban J connectivity index is 2.16. The van der Waals surface area contributed by atoms with Crippen LogP contribution < -0.4 is 5.32 Å². The van der Waals surface area contributed by atoms with Crippen LogP contribution >= 0.6 is 0 Å². The summed E-state index contributed by atoms with van der Waals surface area (Å²) >= 11 is 0. The number of aliphatic hydroxyl groups excluding tert-OH is 1. The number of amides is 1. The molecule has 1 unspecified atom stereocenters. The highest BCUT2D eigenvalue weighted by Gasteiger charge is 2.47. The van der Waals surface area contributed by atoms with E-state index in [0.29, 0.717) is 38.2 Å². The molecule has 0 bridgehead atoms. The van der Waals surface area contributed by atoms with Crippen molar-refractivity contribution >= 4 is 21.6 Å². The number of sulfone groups is 1. The average Bonchev–Trinajstić information content (AvgIpc) is 3.10. The Morgan fingerprint density at radius 1 is 1.33 bits per heavy atom. The van der Waals surface area contributed by atoms with Gasteiger partial charge in [0, 0.05) is 24.7 Å². The second-order valence-corrected chi connectivity index (χ2v) is 10.8. The van der Waals surface area contributed by atoms with E-state index in [0.717, 1.165) is 0 Å². The topological polar surface area (TPSA) is 119 Å². The summed E-state index contributed by atoms with van der Waals surface area (Å²) < 4.78 is 34.6. The second kappa shape index (κ2) is 7.89. The van der Waals surface area contributed by atoms with Gasteiger partial charge in [0.25, 0.3) is 0 Å². The lowest BCUT2D eigenvalue weighted by Crippen LogP contribution is -2.50. The molecule has 0 aliphatic carbocycles. The smallest absolute Gasteiger partial charge is 0.247 e. The molecular formula is C18H30N2O6S. The number of nitrogens with zero attached hydrogens (tertiary/aromatic N) is 1. The Kier molecular flexibility index (Phi) is 6.38. The number of hydrogen-bond donors (Lipinski definition) is 2. The molecule has 1 fully saturated rings. The Morgan fingerprint density at radius 2 is 1.93 bits per heavy atom. The molecule has 0 radical (unpaired) electrons. The average molecular weight is 403 g/mol. The van der Waals surface area contributed by atoms with Crippen molar-refractivity contribution in [2.24, 2.45) is 0 Å². The Bertz CT molecular complexity index is 763. The van der Waals surface area contributed by atoms with E-state index in [9.17, 15) is 18.3 Å². The fraction of sp³-hybridized carbons (Fsp3) is 0.778. The highest BCUT2D eigenvalue weighted by molar-refractivity contribution is 7.94. The van der Waals surface area contributed by atoms with Crippen molar-refractivity contribution in [3.63, 3.8) is 0 Å². The van der Waals surface area contributed by atoms with Gasteiger partial charge < -0.3 is 14.4 Å². The zero-order valence-electron chi connectivity index (χ0n) is 16.6. The Hall–Kier alpha value is -1.45. The fourth-order valence-corrected chi connectivity index (χ4v) is 5.07. The summed E-state index contributed by atoms with van der Waals surface area (Å²) in [6.07, 6.45) is 0.678. The van der Waals surface area contributed by atoms with E-state index in [1.807, 2.05) is 20.8 Å². The number of nitrogens with one attached hydrogen (secondary N) is 1. The molecule has 8 nitrogen and oxygen atoms in total. The van der Waals surface area contributed by atoms with Gasteiger partial charge in [-0.2, -0.15) is 0 Å². The molecule has 1 aromatic heterocycles. The fourth-order valence-electron chi connectivity index (χ4n) is 3.11. The van der Waals surface area contributed by atoms with E-state index in [4.69, 9.17) is 9.26 Å². The molecule has 0 spiro atoms. The molecule has 0 aromatic carbocycles. The van der Waals surface area contributed by atoms with Gasteiger partial charge in [-0.05, 0) is 33.1 Å². The highest BCUT2D eigenvalue weighted by atomic mass is 32.2. The summed E-state index contributed by atoms with van der Waals surface area (Å²) in [5.74, 6) is -0.618. The first-order valence-electron chi connectivity index (χ1n) is 9.22. The van der Waals surface area contributed by atoms with Crippen molar-refractivity contribution in [2.75, 3.05) is 18.5 Å². The minimum absolute atomic E-state index is 0.0571. The maximum absolute atomic E-state index is 12.9. The van der Waals surface area contributed by atoms with Crippen molar-refractivity contribution in [1.82, 2.24) is 5.16 Å². The predicted molar refractivity (Wildman–Crippen MR) is 101 cm³/mol. The third-order valence-corrected chi connectivity index (χ3v) is 8.45. The lowest BCUT2D eigenvalue weighted by Gasteiger charge is -2.30. The highest BCUT2D eigenvalue weighted by Crippen LogP contribution is 2.31. The summed E-state index contributed by atoms with van der Waals surface area (Å²) in [5.41, 5.74) is -0.178. The predicted octanol–water partition coefficient (Wildman–Crippen LogP) is 2.03. The van der Waals surface area contributed by atoms with Crippen LogP contribution in [0.2, 0.25) is 0 Å². The maximum Gasteiger partial charge on any atom is 0.247 e. The van der Waals surface area contributed by atoms with E-state index in [1.165, 1.54) is 19.9 Å². The summed E-state index contributed by atoms with van der Waals surface area (Å²) in [4.78, 5) is 12.7. The summed E-state index contributed by atoms with van der Waals surface area (Å²) in [5, 5.41) is 16.0. The van der Waals surface area contributed by atoms with Crippen molar-refractivity contribution in [2.45, 2.75) is 75.4 Å². The number of ether oxygens (including phenoxy) is 1. The number of anilines is 1. The van der Waals surface area contributed by atoms with Crippen LogP contribution in [0.1, 0.15) is 59.6 Å². The normalized spacial score (nSPS) is 18.3. The monoisotopic (exact) mass is 402 g/mol. The van der Waals surface area contributed by atoms with E-state index in [1.54, 1.807) is 0 Å². The SMILES string of the molecule is CCC(O)C(C)(C)c1cc(NC(=O)C(C)(C)S(=O)(=O)C2CCOCC2)on1. The molecule has 1 aliphatic rings. The van der Waals surface area contributed by atoms with E-state index in [-0.39, 0.29) is 5.88 Å². The minimum Gasteiger partial charge on any atom is -0.392 e. The van der Waals surface area contributed by atoms with E-state index < -0.39 is 37.3 Å². The molecule has 2 rings (SSSR count). The van der Waals surface area contributed by atoms with Crippen LogP contribution in [-0.4, -0.2) is 53.9 Å². The third-order valence-electron chi connectivity index (χ3n) is 5.49. The molecule has 1 aliphatic heterocycles. The van der Waals surface area contributed by atoms with Gasteiger partial charge in [-0.1, -0.05) is 25.9 Å². The van der Waals surface area contributed by atoms with Gasteiger partial charge >= 0.3 is 0 Å². The van der Waals surface area contributed by atoms with Crippen LogP contribution in [0.3, 0.4) is 0 Å². The quantitative estimate of drug-likeness (QED) is 0.716. The summed E-state index contributed by atoms with van der Waals surface area (Å²) in [6.45, 7) is 9.06. The lowest BCUT2D eigenvalue weighted by molar-refractivity contribution is -0.118. The minimum atomic E-state index is -3.71. The van der Waals surface area contributed by atoms with Gasteiger partial charge in [0.05, 0.1) is 17.0 Å².